The van der Waals surface area contributed by atoms with Crippen LogP contribution in [0.3, 0.4) is 0 Å². The van der Waals surface area contributed by atoms with Gasteiger partial charge in [-0.15, -0.1) is 5.69 Å². The predicted molar refractivity (Wildman–Crippen MR) is 49.9 cm³/mol. The zero-order valence-corrected chi connectivity index (χ0v) is 6.49. The summed E-state index contributed by atoms with van der Waals surface area (Å²) in [6.45, 7) is 0. The van der Waals surface area contributed by atoms with Crippen molar-refractivity contribution in [1.29, 1.82) is 0 Å². The molecule has 12 heavy (non-hydrogen) atoms. The monoisotopic (exact) mass is 156 g/mol. The van der Waals surface area contributed by atoms with E-state index in [0.717, 1.165) is 5.69 Å². The molecule has 0 unspecified atom stereocenters. The molecule has 1 heterocycles. The van der Waals surface area contributed by atoms with Gasteiger partial charge in [0.25, 0.3) is 0 Å². The molecule has 2 rings (SSSR count). The lowest BCUT2D eigenvalue weighted by Gasteiger charge is -2.13. The molecule has 1 aliphatic heterocycles. The maximum atomic E-state index is 7.61. The van der Waals surface area contributed by atoms with Crippen molar-refractivity contribution in [3.8, 4) is 0 Å². The van der Waals surface area contributed by atoms with Crippen molar-refractivity contribution in [1.82, 2.24) is 0 Å². The van der Waals surface area contributed by atoms with E-state index in [1.54, 1.807) is 6.07 Å². The molecule has 0 fully saturated rings. The fourth-order valence-corrected chi connectivity index (χ4v) is 1.14. The Kier molecular flexibility index (Phi) is 1.54. The lowest BCUT2D eigenvalue weighted by atomic mass is 10.2. The van der Waals surface area contributed by atoms with E-state index in [1.165, 1.54) is 0 Å². The SMILES string of the molecule is [NH-]c1ccccc1N1C=[C+]C=C1. The molecule has 0 amide bonds. The molecule has 2 heteroatoms. The number of rotatable bonds is 1. The van der Waals surface area contributed by atoms with Crippen molar-refractivity contribution in [3.63, 3.8) is 0 Å². The van der Waals surface area contributed by atoms with Crippen molar-refractivity contribution >= 4 is 11.4 Å². The normalized spacial score (nSPS) is 13.5. The summed E-state index contributed by atoms with van der Waals surface area (Å²) in [4.78, 5) is 1.88. The predicted octanol–water partition coefficient (Wildman–Crippen LogP) is 3.02. The third-order valence-electron chi connectivity index (χ3n) is 1.73. The van der Waals surface area contributed by atoms with Crippen molar-refractivity contribution in [2.45, 2.75) is 0 Å². The maximum Gasteiger partial charge on any atom is 0.179 e. The zero-order valence-electron chi connectivity index (χ0n) is 6.49. The van der Waals surface area contributed by atoms with Crippen LogP contribution in [-0.4, -0.2) is 0 Å². The van der Waals surface area contributed by atoms with Crippen LogP contribution >= 0.6 is 0 Å². The first-order chi connectivity index (χ1) is 5.88. The van der Waals surface area contributed by atoms with Crippen LogP contribution in [0.25, 0.3) is 5.73 Å². The first-order valence-electron chi connectivity index (χ1n) is 3.73. The van der Waals surface area contributed by atoms with Gasteiger partial charge in [-0.25, -0.2) is 4.90 Å². The van der Waals surface area contributed by atoms with Crippen LogP contribution in [0.15, 0.2) is 42.7 Å². The number of para-hydroxylation sites is 1. The molecular weight excluding hydrogens is 148 g/mol. The minimum atomic E-state index is 0.530. The summed E-state index contributed by atoms with van der Waals surface area (Å²) in [5.41, 5.74) is 9.03. The van der Waals surface area contributed by atoms with Gasteiger partial charge in [0.2, 0.25) is 0 Å². The van der Waals surface area contributed by atoms with E-state index in [2.05, 4.69) is 6.08 Å². The van der Waals surface area contributed by atoms with Crippen LogP contribution in [0.5, 0.6) is 0 Å². The Bertz CT molecular complexity index is 327. The van der Waals surface area contributed by atoms with Crippen molar-refractivity contribution < 1.29 is 0 Å². The fourth-order valence-electron chi connectivity index (χ4n) is 1.14. The van der Waals surface area contributed by atoms with E-state index in [9.17, 15) is 0 Å². The molecule has 58 valence electrons. The Morgan fingerprint density at radius 1 is 1.25 bits per heavy atom. The van der Waals surface area contributed by atoms with Gasteiger partial charge in [0, 0.05) is 0 Å². The van der Waals surface area contributed by atoms with Gasteiger partial charge >= 0.3 is 0 Å². The maximum absolute atomic E-state index is 7.61. The van der Waals surface area contributed by atoms with Crippen molar-refractivity contribution in [3.05, 3.63) is 54.6 Å². The fraction of sp³-hybridized carbons (Fsp3) is 0. The van der Waals surface area contributed by atoms with Crippen molar-refractivity contribution in [2.75, 3.05) is 4.90 Å². The highest BCUT2D eigenvalue weighted by molar-refractivity contribution is 5.72. The molecule has 0 aromatic heterocycles. The first kappa shape index (κ1) is 6.89. The number of nitrogens with zero attached hydrogens (tertiary/aromatic N) is 1. The Balaban J connectivity index is 2.39. The summed E-state index contributed by atoms with van der Waals surface area (Å²) in [6.07, 6.45) is 8.46. The van der Waals surface area contributed by atoms with E-state index in [0.29, 0.717) is 5.69 Å². The van der Waals surface area contributed by atoms with E-state index >= 15 is 0 Å². The molecule has 1 aromatic carbocycles. The highest BCUT2D eigenvalue weighted by Crippen LogP contribution is 2.28. The molecule has 1 aromatic rings. The van der Waals surface area contributed by atoms with Gasteiger partial charge in [0.1, 0.15) is 6.08 Å². The summed E-state index contributed by atoms with van der Waals surface area (Å²) in [6, 6.07) is 7.47. The molecule has 0 atom stereocenters. The van der Waals surface area contributed by atoms with Gasteiger partial charge in [0.05, 0.1) is 5.69 Å². The van der Waals surface area contributed by atoms with Crippen molar-refractivity contribution in [2.24, 2.45) is 0 Å². The van der Waals surface area contributed by atoms with Gasteiger partial charge in [-0.05, 0) is 6.07 Å². The molecule has 1 aliphatic rings. The number of nitrogens with one attached hydrogen (secondary N) is 1. The summed E-state index contributed by atoms with van der Waals surface area (Å²) in [7, 11) is 0. The average molecular weight is 156 g/mol. The van der Waals surface area contributed by atoms with Gasteiger partial charge in [-0.3, -0.25) is 0 Å². The van der Waals surface area contributed by atoms with Crippen LogP contribution in [0.4, 0.5) is 11.4 Å². The standard InChI is InChI=1S/C10H8N2/c11-9-5-1-2-6-10(9)12-7-3-4-8-12/h1-3,5-8,11H. The molecule has 0 spiro atoms. The van der Waals surface area contributed by atoms with Gasteiger partial charge in [0.15, 0.2) is 18.5 Å². The number of hydrogen-bond acceptors (Lipinski definition) is 1. The molecule has 0 aliphatic carbocycles. The molecular formula is C10H8N2. The number of benzene rings is 1. The van der Waals surface area contributed by atoms with E-state index in [-0.39, 0.29) is 0 Å². The number of hydrogen-bond donors (Lipinski definition) is 0. The quantitative estimate of drug-likeness (QED) is 0.574. The topological polar surface area (TPSA) is 27.0 Å². The van der Waals surface area contributed by atoms with Gasteiger partial charge in [-0.2, -0.15) is 0 Å². The Labute approximate surface area is 71.6 Å². The molecule has 0 radical (unpaired) electrons. The molecule has 1 N–H and O–H groups in total. The Hall–Kier alpha value is -1.79. The third-order valence-corrected chi connectivity index (χ3v) is 1.73. The second-order valence-corrected chi connectivity index (χ2v) is 2.54. The minimum absolute atomic E-state index is 0.530. The largest absolute Gasteiger partial charge is 0.697 e. The van der Waals surface area contributed by atoms with Crippen LogP contribution in [0, 0.1) is 6.08 Å². The third kappa shape index (κ3) is 1.04. The second-order valence-electron chi connectivity index (χ2n) is 2.54. The molecule has 0 saturated heterocycles. The van der Waals surface area contributed by atoms with E-state index in [1.807, 2.05) is 41.6 Å². The number of anilines is 1. The Morgan fingerprint density at radius 3 is 2.75 bits per heavy atom. The smallest absolute Gasteiger partial charge is 0.179 e. The Morgan fingerprint density at radius 2 is 2.08 bits per heavy atom. The van der Waals surface area contributed by atoms with E-state index in [4.69, 9.17) is 5.73 Å². The number of allylic oxidation sites excluding steroid dienone is 2. The second kappa shape index (κ2) is 2.68. The summed E-state index contributed by atoms with van der Waals surface area (Å²) in [5.74, 6) is 0. The lowest BCUT2D eigenvalue weighted by Crippen LogP contribution is -2.02. The summed E-state index contributed by atoms with van der Waals surface area (Å²) < 4.78 is 0. The molecule has 0 saturated carbocycles. The van der Waals surface area contributed by atoms with E-state index < -0.39 is 0 Å². The van der Waals surface area contributed by atoms with Crippen LogP contribution in [0.2, 0.25) is 0 Å². The van der Waals surface area contributed by atoms with Crippen LogP contribution < -0.4 is 4.90 Å². The highest BCUT2D eigenvalue weighted by Gasteiger charge is 2.09. The van der Waals surface area contributed by atoms with Gasteiger partial charge < -0.3 is 5.73 Å². The first-order valence-corrected chi connectivity index (χ1v) is 3.73. The summed E-state index contributed by atoms with van der Waals surface area (Å²) in [5, 5.41) is 0. The molecule has 0 bridgehead atoms. The summed E-state index contributed by atoms with van der Waals surface area (Å²) >= 11 is 0. The highest BCUT2D eigenvalue weighted by atomic mass is 15.1. The molecule has 2 nitrogen and oxygen atoms in total. The minimum Gasteiger partial charge on any atom is -0.697 e. The lowest BCUT2D eigenvalue weighted by molar-refractivity contribution is 1.32. The van der Waals surface area contributed by atoms with Crippen LogP contribution in [0.1, 0.15) is 0 Å². The zero-order chi connectivity index (χ0) is 8.39. The van der Waals surface area contributed by atoms with Crippen LogP contribution in [-0.2, 0) is 0 Å². The average Bonchev–Trinajstić information content (AvgIpc) is 2.57. The van der Waals surface area contributed by atoms with Gasteiger partial charge in [-0.1, -0.05) is 18.2 Å².